The van der Waals surface area contributed by atoms with Crippen LogP contribution in [0, 0.1) is 0 Å². The molecule has 0 atom stereocenters. The summed E-state index contributed by atoms with van der Waals surface area (Å²) in [5.74, 6) is 0.919. The second-order valence-electron chi connectivity index (χ2n) is 5.99. The number of amides is 1. The van der Waals surface area contributed by atoms with E-state index in [0.29, 0.717) is 24.4 Å². The lowest BCUT2D eigenvalue weighted by Gasteiger charge is -2.32. The number of nitrogens with one attached hydrogen (secondary N) is 1. The fraction of sp³-hybridized carbons (Fsp3) is 0.733. The first-order valence-electron chi connectivity index (χ1n) is 7.78. The second kappa shape index (κ2) is 5.95. The molecule has 1 N–H and O–H groups in total. The number of piperidine rings is 1. The Morgan fingerprint density at radius 1 is 1.40 bits per heavy atom. The second-order valence-corrected chi connectivity index (χ2v) is 5.99. The van der Waals surface area contributed by atoms with Gasteiger partial charge in [-0.05, 0) is 57.2 Å². The van der Waals surface area contributed by atoms with E-state index in [1.807, 2.05) is 12.4 Å². The molecule has 2 heterocycles. The molecule has 1 aromatic heterocycles. The van der Waals surface area contributed by atoms with Crippen LogP contribution in [0.15, 0.2) is 12.4 Å². The van der Waals surface area contributed by atoms with Crippen LogP contribution in [0.5, 0.6) is 0 Å². The van der Waals surface area contributed by atoms with Crippen LogP contribution in [-0.2, 0) is 4.79 Å². The maximum atomic E-state index is 12.3. The molecule has 5 heteroatoms. The van der Waals surface area contributed by atoms with Crippen molar-refractivity contribution < 1.29 is 4.79 Å². The summed E-state index contributed by atoms with van der Waals surface area (Å²) < 4.78 is 0. The fourth-order valence-electron chi connectivity index (χ4n) is 3.22. The quantitative estimate of drug-likeness (QED) is 0.888. The average molecular weight is 276 g/mol. The van der Waals surface area contributed by atoms with Crippen molar-refractivity contribution in [2.75, 3.05) is 26.2 Å². The van der Waals surface area contributed by atoms with E-state index in [4.69, 9.17) is 0 Å². The zero-order chi connectivity index (χ0) is 13.9. The van der Waals surface area contributed by atoms with Gasteiger partial charge in [0.15, 0.2) is 0 Å². The topological polar surface area (TPSA) is 52.2 Å². The van der Waals surface area contributed by atoms with Gasteiger partial charge in [-0.3, -0.25) is 14.8 Å². The zero-order valence-corrected chi connectivity index (χ0v) is 12.2. The Kier molecular flexibility index (Phi) is 4.05. The summed E-state index contributed by atoms with van der Waals surface area (Å²) in [6, 6.07) is 0.538. The van der Waals surface area contributed by atoms with Crippen molar-refractivity contribution in [1.82, 2.24) is 20.0 Å². The van der Waals surface area contributed by atoms with Crippen molar-refractivity contribution in [2.45, 2.75) is 44.6 Å². The number of H-pyrrole nitrogens is 1. The van der Waals surface area contributed by atoms with E-state index in [0.717, 1.165) is 32.5 Å². The summed E-state index contributed by atoms with van der Waals surface area (Å²) >= 11 is 0. The van der Waals surface area contributed by atoms with Gasteiger partial charge in [-0.2, -0.15) is 5.10 Å². The van der Waals surface area contributed by atoms with Gasteiger partial charge in [0.05, 0.1) is 12.7 Å². The van der Waals surface area contributed by atoms with Gasteiger partial charge in [0.25, 0.3) is 0 Å². The van der Waals surface area contributed by atoms with Crippen LogP contribution in [0.25, 0.3) is 0 Å². The van der Waals surface area contributed by atoms with Crippen molar-refractivity contribution >= 4 is 5.91 Å². The Hall–Kier alpha value is -1.36. The van der Waals surface area contributed by atoms with Crippen molar-refractivity contribution in [3.8, 4) is 0 Å². The molecule has 2 aliphatic rings. The molecule has 0 bridgehead atoms. The van der Waals surface area contributed by atoms with Crippen LogP contribution >= 0.6 is 0 Å². The van der Waals surface area contributed by atoms with Crippen molar-refractivity contribution in [1.29, 1.82) is 0 Å². The Labute approximate surface area is 120 Å². The van der Waals surface area contributed by atoms with E-state index >= 15 is 0 Å². The van der Waals surface area contributed by atoms with Gasteiger partial charge in [-0.25, -0.2) is 0 Å². The Morgan fingerprint density at radius 2 is 2.15 bits per heavy atom. The van der Waals surface area contributed by atoms with Crippen LogP contribution in [0.2, 0.25) is 0 Å². The van der Waals surface area contributed by atoms with Gasteiger partial charge in [0.2, 0.25) is 5.91 Å². The number of nitrogens with zero attached hydrogens (tertiary/aromatic N) is 3. The number of hydrogen-bond donors (Lipinski definition) is 1. The number of rotatable bonds is 5. The van der Waals surface area contributed by atoms with Crippen molar-refractivity contribution in [3.05, 3.63) is 18.0 Å². The van der Waals surface area contributed by atoms with E-state index in [2.05, 4.69) is 26.9 Å². The van der Waals surface area contributed by atoms with Crippen LogP contribution in [-0.4, -0.2) is 58.1 Å². The van der Waals surface area contributed by atoms with Crippen molar-refractivity contribution in [3.63, 3.8) is 0 Å². The number of aromatic amines is 1. The minimum atomic E-state index is 0.316. The number of likely N-dealkylation sites (N-methyl/N-ethyl adjacent to an activating group) is 1. The van der Waals surface area contributed by atoms with Gasteiger partial charge in [-0.15, -0.1) is 0 Å². The molecule has 1 amide bonds. The third kappa shape index (κ3) is 3.03. The van der Waals surface area contributed by atoms with E-state index in [9.17, 15) is 4.79 Å². The molecule has 20 heavy (non-hydrogen) atoms. The maximum absolute atomic E-state index is 12.3. The smallest absolute Gasteiger partial charge is 0.236 e. The summed E-state index contributed by atoms with van der Waals surface area (Å²) in [5, 5.41) is 6.91. The minimum Gasteiger partial charge on any atom is -0.339 e. The zero-order valence-electron chi connectivity index (χ0n) is 12.2. The van der Waals surface area contributed by atoms with Gasteiger partial charge in [0.1, 0.15) is 0 Å². The highest BCUT2D eigenvalue weighted by Gasteiger charge is 2.32. The lowest BCUT2D eigenvalue weighted by Crippen LogP contribution is -2.43. The molecule has 1 aromatic rings. The van der Waals surface area contributed by atoms with Gasteiger partial charge >= 0.3 is 0 Å². The number of likely N-dealkylation sites (tertiary alicyclic amines) is 1. The Balaban J connectivity index is 1.47. The molecule has 0 radical (unpaired) electrons. The Morgan fingerprint density at radius 3 is 2.70 bits per heavy atom. The maximum Gasteiger partial charge on any atom is 0.236 e. The molecule has 1 saturated heterocycles. The molecular weight excluding hydrogens is 252 g/mol. The third-order valence-corrected chi connectivity index (χ3v) is 4.59. The molecule has 3 rings (SSSR count). The predicted molar refractivity (Wildman–Crippen MR) is 77.4 cm³/mol. The lowest BCUT2D eigenvalue weighted by molar-refractivity contribution is -0.133. The molecule has 1 saturated carbocycles. The largest absolute Gasteiger partial charge is 0.339 e. The first-order valence-corrected chi connectivity index (χ1v) is 7.78. The lowest BCUT2D eigenvalue weighted by atomic mass is 9.91. The highest BCUT2D eigenvalue weighted by atomic mass is 16.2. The summed E-state index contributed by atoms with van der Waals surface area (Å²) in [4.78, 5) is 16.7. The van der Waals surface area contributed by atoms with Crippen LogP contribution < -0.4 is 0 Å². The van der Waals surface area contributed by atoms with Gasteiger partial charge in [-0.1, -0.05) is 0 Å². The van der Waals surface area contributed by atoms with Crippen molar-refractivity contribution in [2.24, 2.45) is 0 Å². The molecule has 0 aromatic carbocycles. The molecular formula is C15H24N4O. The molecule has 0 spiro atoms. The van der Waals surface area contributed by atoms with E-state index in [-0.39, 0.29) is 0 Å². The average Bonchev–Trinajstić information content (AvgIpc) is 3.14. The minimum absolute atomic E-state index is 0.316. The highest BCUT2D eigenvalue weighted by molar-refractivity contribution is 5.78. The first-order chi connectivity index (χ1) is 9.78. The normalized spacial score (nSPS) is 21.1. The monoisotopic (exact) mass is 276 g/mol. The SMILES string of the molecule is CCN(C(=O)CN1CCC(c2cn[nH]c2)CC1)C1CC1. The van der Waals surface area contributed by atoms with Crippen LogP contribution in [0.4, 0.5) is 0 Å². The molecule has 1 aliphatic carbocycles. The Bertz CT molecular complexity index is 433. The third-order valence-electron chi connectivity index (χ3n) is 4.59. The summed E-state index contributed by atoms with van der Waals surface area (Å²) in [5.41, 5.74) is 1.31. The molecule has 1 aliphatic heterocycles. The number of hydrogen-bond acceptors (Lipinski definition) is 3. The van der Waals surface area contributed by atoms with E-state index in [1.54, 1.807) is 0 Å². The molecule has 2 fully saturated rings. The summed E-state index contributed by atoms with van der Waals surface area (Å²) in [6.45, 7) is 5.58. The van der Waals surface area contributed by atoms with Crippen LogP contribution in [0.1, 0.15) is 44.1 Å². The highest BCUT2D eigenvalue weighted by Crippen LogP contribution is 2.28. The molecule has 110 valence electrons. The first kappa shape index (κ1) is 13.6. The fourth-order valence-corrected chi connectivity index (χ4v) is 3.22. The standard InChI is InChI=1S/C15H24N4O/c1-2-19(14-3-4-14)15(20)11-18-7-5-12(6-8-18)13-9-16-17-10-13/h9-10,12,14H,2-8,11H2,1H3,(H,16,17). The number of carbonyl (C=O) groups excluding carboxylic acids is 1. The van der Waals surface area contributed by atoms with E-state index in [1.165, 1.54) is 18.4 Å². The number of carbonyl (C=O) groups is 1. The van der Waals surface area contributed by atoms with Crippen LogP contribution in [0.3, 0.4) is 0 Å². The molecule has 5 nitrogen and oxygen atoms in total. The summed E-state index contributed by atoms with van der Waals surface area (Å²) in [6.07, 6.45) is 8.57. The predicted octanol–water partition coefficient (Wildman–Crippen LogP) is 1.60. The number of aromatic nitrogens is 2. The molecule has 0 unspecified atom stereocenters. The summed E-state index contributed by atoms with van der Waals surface area (Å²) in [7, 11) is 0. The van der Waals surface area contributed by atoms with Gasteiger partial charge < -0.3 is 4.90 Å². The van der Waals surface area contributed by atoms with E-state index < -0.39 is 0 Å². The van der Waals surface area contributed by atoms with Gasteiger partial charge in [0, 0.05) is 18.8 Å².